The average molecular weight is 475 g/mol. The Balaban J connectivity index is 1.52. The van der Waals surface area contributed by atoms with Crippen LogP contribution in [0.1, 0.15) is 40.5 Å². The van der Waals surface area contributed by atoms with Crippen LogP contribution in [0.2, 0.25) is 0 Å². The van der Waals surface area contributed by atoms with Gasteiger partial charge in [-0.25, -0.2) is 13.8 Å². The molecular weight excluding hydrogens is 442 g/mol. The molecule has 0 saturated carbocycles. The minimum atomic E-state index is -0.643. The van der Waals surface area contributed by atoms with Crippen LogP contribution < -0.4 is 20.3 Å². The number of hydrogen-bond donors (Lipinski definition) is 2. The molecule has 34 heavy (non-hydrogen) atoms. The van der Waals surface area contributed by atoms with Crippen molar-refractivity contribution in [2.75, 3.05) is 42.4 Å². The van der Waals surface area contributed by atoms with Gasteiger partial charge in [0.15, 0.2) is 18.2 Å². The second kappa shape index (κ2) is 8.98. The molecule has 2 aliphatic rings. The molecule has 1 aromatic heterocycles. The first-order valence-electron chi connectivity index (χ1n) is 11.4. The number of alkyl halides is 1. The van der Waals surface area contributed by atoms with E-state index in [9.17, 15) is 13.6 Å². The molecule has 0 spiro atoms. The highest BCUT2D eigenvalue weighted by atomic mass is 19.1. The summed E-state index contributed by atoms with van der Waals surface area (Å²) in [7, 11) is 2.12. The van der Waals surface area contributed by atoms with Crippen LogP contribution in [0.15, 0.2) is 24.4 Å². The summed E-state index contributed by atoms with van der Waals surface area (Å²) in [6.45, 7) is 7.93. The van der Waals surface area contributed by atoms with Crippen molar-refractivity contribution in [3.05, 3.63) is 30.2 Å². The summed E-state index contributed by atoms with van der Waals surface area (Å²) in [5.41, 5.74) is 1.01. The third kappa shape index (κ3) is 4.77. The molecule has 8 nitrogen and oxygen atoms in total. The second-order valence-electron chi connectivity index (χ2n) is 10.2. The molecule has 0 aliphatic carbocycles. The Bertz CT molecular complexity index is 1060. The summed E-state index contributed by atoms with van der Waals surface area (Å²) in [4.78, 5) is 24.2. The molecule has 0 atom stereocenters. The van der Waals surface area contributed by atoms with E-state index in [2.05, 4.69) is 60.2 Å². The van der Waals surface area contributed by atoms with Crippen LogP contribution in [0, 0.1) is 5.82 Å². The normalized spacial score (nSPS) is 20.0. The predicted molar refractivity (Wildman–Crippen MR) is 128 cm³/mol. The van der Waals surface area contributed by atoms with Gasteiger partial charge in [-0.05, 0) is 59.7 Å². The second-order valence-corrected chi connectivity index (χ2v) is 10.2. The molecule has 2 aliphatic heterocycles. The Labute approximate surface area is 198 Å². The topological polar surface area (TPSA) is 82.6 Å². The third-order valence-corrected chi connectivity index (χ3v) is 6.86. The first-order valence-corrected chi connectivity index (χ1v) is 11.4. The van der Waals surface area contributed by atoms with Crippen molar-refractivity contribution in [2.24, 2.45) is 0 Å². The van der Waals surface area contributed by atoms with E-state index in [1.165, 1.54) is 4.90 Å². The summed E-state index contributed by atoms with van der Waals surface area (Å²) in [5.74, 6) is 0.0163. The monoisotopic (exact) mass is 474 g/mol. The van der Waals surface area contributed by atoms with E-state index in [0.717, 1.165) is 19.0 Å². The molecular formula is C24H32F2N6O2. The van der Waals surface area contributed by atoms with Gasteiger partial charge in [0.1, 0.15) is 12.4 Å². The Hall–Kier alpha value is -3.01. The Morgan fingerprint density at radius 2 is 1.91 bits per heavy atom. The van der Waals surface area contributed by atoms with Gasteiger partial charge in [-0.1, -0.05) is 0 Å². The molecule has 0 radical (unpaired) electrons. The lowest BCUT2D eigenvalue weighted by molar-refractivity contribution is -0.121. The lowest BCUT2D eigenvalue weighted by atomic mass is 9.77. The van der Waals surface area contributed by atoms with Crippen molar-refractivity contribution in [2.45, 2.75) is 57.7 Å². The quantitative estimate of drug-likeness (QED) is 0.652. The number of fused-ring (bicyclic) bond motifs is 1. The molecule has 0 unspecified atom stereocenters. The van der Waals surface area contributed by atoms with Crippen LogP contribution >= 0.6 is 0 Å². The molecule has 3 heterocycles. The molecule has 184 valence electrons. The zero-order valence-electron chi connectivity index (χ0n) is 20.3. The molecule has 0 bridgehead atoms. The standard InChI is InChI=1S/C24H32F2N6O2/c1-23(2)11-16(12-24(3,4)31(23)5)28-21-17(26)13-27-22(30-21)29-15-6-7-18-19(10-15)34-14-20(33)32(18)9-8-25/h6-7,10,13,16H,8-9,11-12,14H2,1-5H3,(H2,27,28,29,30). The van der Waals surface area contributed by atoms with Gasteiger partial charge in [-0.2, -0.15) is 4.98 Å². The fourth-order valence-electron chi connectivity index (χ4n) is 4.94. The smallest absolute Gasteiger partial charge is 0.265 e. The van der Waals surface area contributed by atoms with E-state index in [0.29, 0.717) is 17.1 Å². The molecule has 1 saturated heterocycles. The van der Waals surface area contributed by atoms with E-state index in [4.69, 9.17) is 4.74 Å². The summed E-state index contributed by atoms with van der Waals surface area (Å²) in [6.07, 6.45) is 2.82. The maximum Gasteiger partial charge on any atom is 0.265 e. The summed E-state index contributed by atoms with van der Waals surface area (Å²) in [6, 6.07) is 5.13. The molecule has 1 amide bonds. The Morgan fingerprint density at radius 1 is 1.21 bits per heavy atom. The minimum Gasteiger partial charge on any atom is -0.481 e. The number of halogens is 2. The number of anilines is 4. The first kappa shape index (κ1) is 24.1. The highest BCUT2D eigenvalue weighted by molar-refractivity contribution is 5.98. The number of carbonyl (C=O) groups is 1. The van der Waals surface area contributed by atoms with E-state index in [1.54, 1.807) is 18.2 Å². The van der Waals surface area contributed by atoms with Crippen molar-refractivity contribution < 1.29 is 18.3 Å². The van der Waals surface area contributed by atoms with Crippen LogP contribution in [-0.2, 0) is 4.79 Å². The summed E-state index contributed by atoms with van der Waals surface area (Å²) in [5, 5.41) is 6.35. The van der Waals surface area contributed by atoms with Crippen molar-refractivity contribution in [1.29, 1.82) is 0 Å². The largest absolute Gasteiger partial charge is 0.481 e. The van der Waals surface area contributed by atoms with Crippen LogP contribution in [0.4, 0.5) is 31.9 Å². The minimum absolute atomic E-state index is 0.0252. The third-order valence-electron chi connectivity index (χ3n) is 6.86. The molecule has 2 aromatic rings. The van der Waals surface area contributed by atoms with Gasteiger partial charge < -0.3 is 20.3 Å². The number of nitrogens with zero attached hydrogens (tertiary/aromatic N) is 4. The molecule has 1 fully saturated rings. The van der Waals surface area contributed by atoms with Crippen LogP contribution in [0.3, 0.4) is 0 Å². The molecule has 10 heteroatoms. The van der Waals surface area contributed by atoms with E-state index in [-0.39, 0.29) is 47.9 Å². The average Bonchev–Trinajstić information content (AvgIpc) is 2.76. The van der Waals surface area contributed by atoms with Crippen LogP contribution in [0.25, 0.3) is 0 Å². The SMILES string of the molecule is CN1C(C)(C)CC(Nc2nc(Nc3ccc4c(c3)OCC(=O)N4CCF)ncc2F)CC1(C)C. The number of aromatic nitrogens is 2. The number of benzene rings is 1. The fourth-order valence-corrected chi connectivity index (χ4v) is 4.94. The van der Waals surface area contributed by atoms with E-state index >= 15 is 0 Å². The summed E-state index contributed by atoms with van der Waals surface area (Å²) < 4.78 is 33.0. The van der Waals surface area contributed by atoms with E-state index < -0.39 is 12.5 Å². The number of ether oxygens (including phenoxy) is 1. The molecule has 1 aromatic carbocycles. The van der Waals surface area contributed by atoms with E-state index in [1.807, 2.05) is 0 Å². The lowest BCUT2D eigenvalue weighted by Crippen LogP contribution is -2.61. The fraction of sp³-hybridized carbons (Fsp3) is 0.542. The number of carbonyl (C=O) groups excluding carboxylic acids is 1. The van der Waals surface area contributed by atoms with Gasteiger partial charge in [0.2, 0.25) is 5.95 Å². The maximum absolute atomic E-state index is 14.6. The summed E-state index contributed by atoms with van der Waals surface area (Å²) >= 11 is 0. The number of hydrogen-bond acceptors (Lipinski definition) is 7. The van der Waals surface area contributed by atoms with Crippen molar-refractivity contribution >= 4 is 29.0 Å². The lowest BCUT2D eigenvalue weighted by Gasteiger charge is -2.53. The number of piperidine rings is 1. The number of likely N-dealkylation sites (tertiary alicyclic amines) is 1. The van der Waals surface area contributed by atoms with Crippen LogP contribution in [-0.4, -0.2) is 64.8 Å². The Kier molecular flexibility index (Phi) is 6.37. The first-order chi connectivity index (χ1) is 16.0. The van der Waals surface area contributed by atoms with Crippen LogP contribution in [0.5, 0.6) is 5.75 Å². The zero-order valence-corrected chi connectivity index (χ0v) is 20.3. The van der Waals surface area contributed by atoms with Gasteiger partial charge in [0.05, 0.1) is 18.4 Å². The number of amides is 1. The van der Waals surface area contributed by atoms with Gasteiger partial charge in [-0.15, -0.1) is 0 Å². The zero-order chi connectivity index (χ0) is 24.7. The van der Waals surface area contributed by atoms with Crippen molar-refractivity contribution in [3.63, 3.8) is 0 Å². The Morgan fingerprint density at radius 3 is 2.59 bits per heavy atom. The van der Waals surface area contributed by atoms with Gasteiger partial charge in [-0.3, -0.25) is 9.69 Å². The number of nitrogens with one attached hydrogen (secondary N) is 2. The number of rotatable bonds is 6. The van der Waals surface area contributed by atoms with Gasteiger partial charge >= 0.3 is 0 Å². The highest BCUT2D eigenvalue weighted by Crippen LogP contribution is 2.38. The van der Waals surface area contributed by atoms with Crippen molar-refractivity contribution in [3.8, 4) is 5.75 Å². The van der Waals surface area contributed by atoms with Gasteiger partial charge in [0.25, 0.3) is 5.91 Å². The highest BCUT2D eigenvalue weighted by Gasteiger charge is 2.43. The van der Waals surface area contributed by atoms with Gasteiger partial charge in [0, 0.05) is 28.9 Å². The molecule has 4 rings (SSSR count). The maximum atomic E-state index is 14.6. The van der Waals surface area contributed by atoms with Crippen molar-refractivity contribution in [1.82, 2.24) is 14.9 Å². The molecule has 2 N–H and O–H groups in total. The predicted octanol–water partition coefficient (Wildman–Crippen LogP) is 4.12.